The number of carbonyl (C=O) groups excluding carboxylic acids is 4. The van der Waals surface area contributed by atoms with E-state index in [1.165, 1.54) is 0 Å². The summed E-state index contributed by atoms with van der Waals surface area (Å²) < 4.78 is 10.4. The van der Waals surface area contributed by atoms with Crippen LogP contribution in [0.2, 0.25) is 0 Å². The summed E-state index contributed by atoms with van der Waals surface area (Å²) in [5, 5.41) is 0. The molecule has 24 heavy (non-hydrogen) atoms. The Morgan fingerprint density at radius 2 is 1.38 bits per heavy atom. The smallest absolute Gasteiger partial charge is 0.335 e. The maximum Gasteiger partial charge on any atom is 0.335 e. The van der Waals surface area contributed by atoms with E-state index in [4.69, 9.17) is 9.47 Å². The first-order valence-corrected chi connectivity index (χ1v) is 8.03. The van der Waals surface area contributed by atoms with Gasteiger partial charge in [-0.2, -0.15) is 0 Å². The Morgan fingerprint density at radius 1 is 0.917 bits per heavy atom. The van der Waals surface area contributed by atoms with Crippen molar-refractivity contribution < 1.29 is 28.7 Å². The number of ketones is 2. The third kappa shape index (κ3) is 6.26. The number of ether oxygens (including phenoxy) is 2. The summed E-state index contributed by atoms with van der Waals surface area (Å²) in [5.41, 5.74) is -1.81. The Labute approximate surface area is 142 Å². The zero-order valence-corrected chi connectivity index (χ0v) is 15.2. The molecule has 0 atom stereocenters. The minimum absolute atomic E-state index is 0.199. The molecular formula is C18H26O6. The molecule has 6 nitrogen and oxygen atoms in total. The van der Waals surface area contributed by atoms with E-state index >= 15 is 0 Å². The number of rotatable bonds is 3. The zero-order valence-electron chi connectivity index (χ0n) is 15.2. The second kappa shape index (κ2) is 7.28. The summed E-state index contributed by atoms with van der Waals surface area (Å²) in [6.45, 7) is 10.1. The predicted octanol–water partition coefficient (Wildman–Crippen LogP) is 2.53. The summed E-state index contributed by atoms with van der Waals surface area (Å²) in [4.78, 5) is 48.8. The molecule has 6 heteroatoms. The molecule has 0 aromatic heterocycles. The van der Waals surface area contributed by atoms with Crippen molar-refractivity contribution in [2.45, 2.75) is 72.0 Å². The first-order valence-electron chi connectivity index (χ1n) is 8.03. The highest BCUT2D eigenvalue weighted by atomic mass is 16.6. The van der Waals surface area contributed by atoms with Crippen LogP contribution in [0.25, 0.3) is 0 Å². The van der Waals surface area contributed by atoms with Gasteiger partial charge in [-0.1, -0.05) is 0 Å². The van der Waals surface area contributed by atoms with Gasteiger partial charge < -0.3 is 9.47 Å². The van der Waals surface area contributed by atoms with Gasteiger partial charge in [0.05, 0.1) is 5.57 Å². The van der Waals surface area contributed by atoms with Crippen molar-refractivity contribution in [1.82, 2.24) is 0 Å². The van der Waals surface area contributed by atoms with Crippen LogP contribution >= 0.6 is 0 Å². The van der Waals surface area contributed by atoms with E-state index in [0.717, 1.165) is 6.08 Å². The first-order chi connectivity index (χ1) is 10.8. The van der Waals surface area contributed by atoms with E-state index in [2.05, 4.69) is 0 Å². The monoisotopic (exact) mass is 338 g/mol. The van der Waals surface area contributed by atoms with Gasteiger partial charge in [0.15, 0.2) is 0 Å². The maximum absolute atomic E-state index is 12.4. The van der Waals surface area contributed by atoms with Crippen LogP contribution in [0, 0.1) is 5.92 Å². The van der Waals surface area contributed by atoms with Crippen LogP contribution in [0.15, 0.2) is 11.6 Å². The van der Waals surface area contributed by atoms with Crippen LogP contribution in [-0.2, 0) is 28.7 Å². The van der Waals surface area contributed by atoms with Gasteiger partial charge in [-0.3, -0.25) is 9.59 Å². The lowest BCUT2D eigenvalue weighted by atomic mass is 9.81. The Kier molecular flexibility index (Phi) is 6.09. The number of Topliss-reactive ketones (excluding diaryl/α,β-unsaturated/α-hetero) is 2. The fraction of sp³-hybridized carbons (Fsp3) is 0.667. The topological polar surface area (TPSA) is 86.7 Å². The molecule has 0 aromatic rings. The van der Waals surface area contributed by atoms with E-state index in [0.29, 0.717) is 6.42 Å². The molecule has 1 aliphatic rings. The van der Waals surface area contributed by atoms with Crippen molar-refractivity contribution in [3.05, 3.63) is 11.6 Å². The highest BCUT2D eigenvalue weighted by molar-refractivity contribution is 6.14. The van der Waals surface area contributed by atoms with Crippen molar-refractivity contribution in [1.29, 1.82) is 0 Å². The van der Waals surface area contributed by atoms with Gasteiger partial charge in [-0.15, -0.1) is 0 Å². The fourth-order valence-electron chi connectivity index (χ4n) is 2.31. The van der Waals surface area contributed by atoms with Crippen LogP contribution in [-0.4, -0.2) is 34.7 Å². The molecule has 1 aliphatic carbocycles. The molecule has 0 aromatic carbocycles. The van der Waals surface area contributed by atoms with Gasteiger partial charge in [0, 0.05) is 18.9 Å². The summed E-state index contributed by atoms with van der Waals surface area (Å²) in [6.07, 6.45) is 1.78. The normalized spacial score (nSPS) is 17.7. The van der Waals surface area contributed by atoms with Gasteiger partial charge in [-0.05, 0) is 48.0 Å². The van der Waals surface area contributed by atoms with E-state index < -0.39 is 29.1 Å². The minimum atomic E-state index is -1.25. The molecular weight excluding hydrogens is 312 g/mol. The van der Waals surface area contributed by atoms with Crippen molar-refractivity contribution in [2.75, 3.05) is 0 Å². The van der Waals surface area contributed by atoms with E-state index in [1.807, 2.05) is 0 Å². The van der Waals surface area contributed by atoms with Crippen molar-refractivity contribution >= 4 is 23.5 Å². The Balaban J connectivity index is 3.20. The molecule has 0 saturated heterocycles. The molecule has 0 unspecified atom stereocenters. The zero-order chi connectivity index (χ0) is 18.7. The number of esters is 2. The fourth-order valence-corrected chi connectivity index (χ4v) is 2.31. The van der Waals surface area contributed by atoms with Crippen molar-refractivity contribution in [3.8, 4) is 0 Å². The average Bonchev–Trinajstić information content (AvgIpc) is 2.32. The summed E-state index contributed by atoms with van der Waals surface area (Å²) in [5.74, 6) is -3.61. The van der Waals surface area contributed by atoms with E-state index in [1.54, 1.807) is 41.5 Å². The molecule has 0 N–H and O–H groups in total. The second-order valence-corrected chi connectivity index (χ2v) is 7.85. The largest absolute Gasteiger partial charge is 0.457 e. The van der Waals surface area contributed by atoms with Crippen LogP contribution < -0.4 is 0 Å². The van der Waals surface area contributed by atoms with Crippen LogP contribution in [0.4, 0.5) is 0 Å². The molecule has 0 spiro atoms. The maximum atomic E-state index is 12.4. The summed E-state index contributed by atoms with van der Waals surface area (Å²) in [6, 6.07) is 0. The first kappa shape index (κ1) is 20.1. The van der Waals surface area contributed by atoms with Crippen LogP contribution in [0.5, 0.6) is 0 Å². The van der Waals surface area contributed by atoms with Gasteiger partial charge in [0.2, 0.25) is 0 Å². The Morgan fingerprint density at radius 3 is 1.79 bits per heavy atom. The van der Waals surface area contributed by atoms with Gasteiger partial charge >= 0.3 is 11.9 Å². The van der Waals surface area contributed by atoms with E-state index in [9.17, 15) is 19.2 Å². The van der Waals surface area contributed by atoms with Gasteiger partial charge in [0.1, 0.15) is 28.7 Å². The molecule has 134 valence electrons. The summed E-state index contributed by atoms with van der Waals surface area (Å²) in [7, 11) is 0. The number of carbonyl (C=O) groups is 4. The standard InChI is InChI=1S/C18H26O6/c1-17(2,3)23-14(21)10-11(16(22)24-18(4,5)6)15-12(19)8-7-9-13(15)20/h10,15H,7-9H2,1-6H3. The lowest BCUT2D eigenvalue weighted by Gasteiger charge is -2.25. The molecule has 0 amide bonds. The molecule has 0 bridgehead atoms. The van der Waals surface area contributed by atoms with Crippen molar-refractivity contribution in [2.24, 2.45) is 5.92 Å². The van der Waals surface area contributed by atoms with Crippen LogP contribution in [0.3, 0.4) is 0 Å². The molecule has 1 fully saturated rings. The second-order valence-electron chi connectivity index (χ2n) is 7.85. The number of hydrogen-bond donors (Lipinski definition) is 0. The third-order valence-electron chi connectivity index (χ3n) is 3.12. The van der Waals surface area contributed by atoms with Gasteiger partial charge in [-0.25, -0.2) is 9.59 Å². The Bertz CT molecular complexity index is 555. The van der Waals surface area contributed by atoms with Crippen molar-refractivity contribution in [3.63, 3.8) is 0 Å². The lowest BCUT2D eigenvalue weighted by Crippen LogP contribution is -2.36. The third-order valence-corrected chi connectivity index (χ3v) is 3.12. The molecule has 0 radical (unpaired) electrons. The molecule has 1 rings (SSSR count). The number of hydrogen-bond acceptors (Lipinski definition) is 6. The van der Waals surface area contributed by atoms with E-state index in [-0.39, 0.29) is 30.0 Å². The van der Waals surface area contributed by atoms with Gasteiger partial charge in [0.25, 0.3) is 0 Å². The Hall–Kier alpha value is -1.98. The summed E-state index contributed by atoms with van der Waals surface area (Å²) >= 11 is 0. The predicted molar refractivity (Wildman–Crippen MR) is 87.1 cm³/mol. The lowest BCUT2D eigenvalue weighted by molar-refractivity contribution is -0.154. The van der Waals surface area contributed by atoms with Crippen LogP contribution in [0.1, 0.15) is 60.8 Å². The quantitative estimate of drug-likeness (QED) is 0.446. The highest BCUT2D eigenvalue weighted by Gasteiger charge is 2.38. The molecule has 1 saturated carbocycles. The average molecular weight is 338 g/mol. The SMILES string of the molecule is CC(C)(C)OC(=O)C=C(C(=O)OC(C)(C)C)C1C(=O)CCCC1=O. The highest BCUT2D eigenvalue weighted by Crippen LogP contribution is 2.27. The molecule has 0 aliphatic heterocycles. The molecule has 0 heterocycles. The minimum Gasteiger partial charge on any atom is -0.457 e.